The number of hydrogen-bond donors (Lipinski definition) is 2. The minimum Gasteiger partial charge on any atom is -0.380 e. The maximum absolute atomic E-state index is 13.7. The van der Waals surface area contributed by atoms with Crippen LogP contribution in [-0.4, -0.2) is 36.6 Å². The summed E-state index contributed by atoms with van der Waals surface area (Å²) in [6.07, 6.45) is 5.31. The fraction of sp³-hybridized carbons (Fsp3) is 0.611. The van der Waals surface area contributed by atoms with Crippen LogP contribution >= 0.6 is 0 Å². The van der Waals surface area contributed by atoms with E-state index in [0.717, 1.165) is 38.9 Å². The lowest BCUT2D eigenvalue weighted by Gasteiger charge is -2.33. The summed E-state index contributed by atoms with van der Waals surface area (Å²) in [4.78, 5) is 14.1. The average Bonchev–Trinajstić information content (AvgIpc) is 3.36. The molecule has 126 valence electrons. The summed E-state index contributed by atoms with van der Waals surface area (Å²) in [5.41, 5.74) is 0.925. The molecule has 1 aliphatic heterocycles. The van der Waals surface area contributed by atoms with Crippen LogP contribution in [0.2, 0.25) is 0 Å². The zero-order valence-corrected chi connectivity index (χ0v) is 13.8. The van der Waals surface area contributed by atoms with Gasteiger partial charge in [0, 0.05) is 25.7 Å². The van der Waals surface area contributed by atoms with Gasteiger partial charge in [-0.1, -0.05) is 19.1 Å². The second-order valence-electron chi connectivity index (χ2n) is 6.90. The molecule has 0 spiro atoms. The third-order valence-electron chi connectivity index (χ3n) is 5.34. The molecule has 1 saturated carbocycles. The number of para-hydroxylation sites is 1. The van der Waals surface area contributed by atoms with Crippen LogP contribution in [-0.2, 0) is 0 Å². The molecule has 0 unspecified atom stereocenters. The van der Waals surface area contributed by atoms with Gasteiger partial charge in [0.2, 0.25) is 0 Å². The van der Waals surface area contributed by atoms with Crippen LogP contribution in [0.4, 0.5) is 14.9 Å². The molecule has 0 radical (unpaired) electrons. The van der Waals surface area contributed by atoms with Gasteiger partial charge >= 0.3 is 6.03 Å². The van der Waals surface area contributed by atoms with Gasteiger partial charge in [-0.15, -0.1) is 0 Å². The highest BCUT2D eigenvalue weighted by Gasteiger charge is 2.41. The molecule has 2 amide bonds. The first-order valence-corrected chi connectivity index (χ1v) is 8.66. The van der Waals surface area contributed by atoms with Crippen LogP contribution in [0, 0.1) is 11.2 Å². The monoisotopic (exact) mass is 319 g/mol. The third kappa shape index (κ3) is 3.95. The van der Waals surface area contributed by atoms with E-state index in [-0.39, 0.29) is 17.9 Å². The van der Waals surface area contributed by atoms with Crippen molar-refractivity contribution in [3.05, 3.63) is 30.1 Å². The number of carbonyl (C=O) groups is 1. The Kier molecular flexibility index (Phi) is 4.74. The highest BCUT2D eigenvalue weighted by Crippen LogP contribution is 2.47. The van der Waals surface area contributed by atoms with E-state index in [4.69, 9.17) is 0 Å². The van der Waals surface area contributed by atoms with Crippen molar-refractivity contribution < 1.29 is 9.18 Å². The SMILES string of the molecule is CCC1(CNC(=O)N2CCC(Nc3ccccc3F)CC2)CC1. The smallest absolute Gasteiger partial charge is 0.317 e. The van der Waals surface area contributed by atoms with Crippen molar-refractivity contribution in [2.75, 3.05) is 25.0 Å². The lowest BCUT2D eigenvalue weighted by molar-refractivity contribution is 0.181. The predicted octanol–water partition coefficient (Wildman–Crippen LogP) is 3.60. The first-order valence-electron chi connectivity index (χ1n) is 8.66. The molecule has 1 aromatic carbocycles. The van der Waals surface area contributed by atoms with E-state index in [9.17, 15) is 9.18 Å². The molecule has 2 aliphatic rings. The Hall–Kier alpha value is -1.78. The number of nitrogens with zero attached hydrogens (tertiary/aromatic N) is 1. The van der Waals surface area contributed by atoms with Crippen LogP contribution < -0.4 is 10.6 Å². The lowest BCUT2D eigenvalue weighted by atomic mass is 10.0. The van der Waals surface area contributed by atoms with Crippen LogP contribution in [0.1, 0.15) is 39.0 Å². The Bertz CT molecular complexity index is 551. The van der Waals surface area contributed by atoms with Crippen LogP contribution in [0.15, 0.2) is 24.3 Å². The zero-order valence-electron chi connectivity index (χ0n) is 13.8. The van der Waals surface area contributed by atoms with E-state index in [1.807, 2.05) is 11.0 Å². The fourth-order valence-corrected chi connectivity index (χ4v) is 3.23. The second kappa shape index (κ2) is 6.77. The van der Waals surface area contributed by atoms with Gasteiger partial charge in [0.05, 0.1) is 5.69 Å². The highest BCUT2D eigenvalue weighted by molar-refractivity contribution is 5.74. The van der Waals surface area contributed by atoms with Crippen LogP contribution in [0.3, 0.4) is 0 Å². The molecule has 0 atom stereocenters. The van der Waals surface area contributed by atoms with Crippen molar-refractivity contribution in [2.24, 2.45) is 5.41 Å². The van der Waals surface area contributed by atoms with Gasteiger partial charge in [-0.3, -0.25) is 0 Å². The molecule has 1 aromatic rings. The second-order valence-corrected chi connectivity index (χ2v) is 6.90. The number of amides is 2. The summed E-state index contributed by atoms with van der Waals surface area (Å²) < 4.78 is 13.7. The molecule has 2 N–H and O–H groups in total. The van der Waals surface area contributed by atoms with Gasteiger partial charge in [-0.25, -0.2) is 9.18 Å². The maximum Gasteiger partial charge on any atom is 0.317 e. The summed E-state index contributed by atoms with van der Waals surface area (Å²) in [7, 11) is 0. The number of carbonyl (C=O) groups excluding carboxylic acids is 1. The van der Waals surface area contributed by atoms with E-state index in [0.29, 0.717) is 11.1 Å². The Morgan fingerprint density at radius 3 is 2.61 bits per heavy atom. The standard InChI is InChI=1S/C18H26FN3O/c1-2-18(9-10-18)13-20-17(23)22-11-7-14(8-12-22)21-16-6-4-3-5-15(16)19/h3-6,14,21H,2,7-13H2,1H3,(H,20,23). The predicted molar refractivity (Wildman–Crippen MR) is 90.0 cm³/mol. The first kappa shape index (κ1) is 16.1. The van der Waals surface area contributed by atoms with E-state index < -0.39 is 0 Å². The fourth-order valence-electron chi connectivity index (χ4n) is 3.23. The largest absolute Gasteiger partial charge is 0.380 e. The number of piperidine rings is 1. The van der Waals surface area contributed by atoms with Crippen molar-refractivity contribution >= 4 is 11.7 Å². The molecule has 3 rings (SSSR count). The molecule has 1 heterocycles. The van der Waals surface area contributed by atoms with Gasteiger partial charge in [0.1, 0.15) is 5.82 Å². The number of anilines is 1. The summed E-state index contributed by atoms with van der Waals surface area (Å²) >= 11 is 0. The molecule has 5 heteroatoms. The summed E-state index contributed by atoms with van der Waals surface area (Å²) in [6, 6.07) is 7.02. The van der Waals surface area contributed by atoms with Gasteiger partial charge in [0.15, 0.2) is 0 Å². The molecule has 4 nitrogen and oxygen atoms in total. The van der Waals surface area contributed by atoms with Gasteiger partial charge in [-0.05, 0) is 49.7 Å². The molecule has 1 aliphatic carbocycles. The summed E-state index contributed by atoms with van der Waals surface area (Å²) in [6.45, 7) is 4.43. The number of hydrogen-bond acceptors (Lipinski definition) is 2. The number of nitrogens with one attached hydrogen (secondary N) is 2. The third-order valence-corrected chi connectivity index (χ3v) is 5.34. The summed E-state index contributed by atoms with van der Waals surface area (Å²) in [5, 5.41) is 6.34. The first-order chi connectivity index (χ1) is 11.1. The molecular formula is C18H26FN3O. The van der Waals surface area contributed by atoms with Gasteiger partial charge in [-0.2, -0.15) is 0 Å². The quantitative estimate of drug-likeness (QED) is 0.871. The van der Waals surface area contributed by atoms with E-state index >= 15 is 0 Å². The van der Waals surface area contributed by atoms with Gasteiger partial charge in [0.25, 0.3) is 0 Å². The van der Waals surface area contributed by atoms with Crippen molar-refractivity contribution in [2.45, 2.75) is 45.1 Å². The Balaban J connectivity index is 1.43. The zero-order chi connectivity index (χ0) is 16.3. The van der Waals surface area contributed by atoms with Crippen molar-refractivity contribution in [3.63, 3.8) is 0 Å². The van der Waals surface area contributed by atoms with Crippen LogP contribution in [0.25, 0.3) is 0 Å². The maximum atomic E-state index is 13.7. The topological polar surface area (TPSA) is 44.4 Å². The van der Waals surface area contributed by atoms with Gasteiger partial charge < -0.3 is 15.5 Å². The summed E-state index contributed by atoms with van der Waals surface area (Å²) in [5.74, 6) is -0.220. The van der Waals surface area contributed by atoms with Crippen molar-refractivity contribution in [1.29, 1.82) is 0 Å². The molecule has 2 fully saturated rings. The van der Waals surface area contributed by atoms with E-state index in [1.165, 1.54) is 18.9 Å². The Morgan fingerprint density at radius 2 is 2.00 bits per heavy atom. The molecule has 0 bridgehead atoms. The minimum absolute atomic E-state index is 0.0501. The Morgan fingerprint density at radius 1 is 1.30 bits per heavy atom. The number of benzene rings is 1. The molecular weight excluding hydrogens is 293 g/mol. The normalized spacial score (nSPS) is 20.2. The lowest BCUT2D eigenvalue weighted by Crippen LogP contribution is -2.48. The number of halogens is 1. The molecule has 23 heavy (non-hydrogen) atoms. The van der Waals surface area contributed by atoms with Crippen LogP contribution in [0.5, 0.6) is 0 Å². The number of urea groups is 1. The molecule has 1 saturated heterocycles. The molecule has 0 aromatic heterocycles. The average molecular weight is 319 g/mol. The van der Waals surface area contributed by atoms with E-state index in [1.54, 1.807) is 12.1 Å². The highest BCUT2D eigenvalue weighted by atomic mass is 19.1. The number of rotatable bonds is 5. The Labute approximate surface area is 137 Å². The van der Waals surface area contributed by atoms with Crippen molar-refractivity contribution in [3.8, 4) is 0 Å². The minimum atomic E-state index is -0.220. The number of likely N-dealkylation sites (tertiary alicyclic amines) is 1. The van der Waals surface area contributed by atoms with Crippen molar-refractivity contribution in [1.82, 2.24) is 10.2 Å². The van der Waals surface area contributed by atoms with E-state index in [2.05, 4.69) is 17.6 Å².